The van der Waals surface area contributed by atoms with Crippen LogP contribution in [0, 0.1) is 0 Å². The zero-order chi connectivity index (χ0) is 22.9. The summed E-state index contributed by atoms with van der Waals surface area (Å²) in [5.74, 6) is 1.000. The smallest absolute Gasteiger partial charge is 0.224 e. The molecule has 3 N–H and O–H groups in total. The third kappa shape index (κ3) is 7.06. The van der Waals surface area contributed by atoms with E-state index in [9.17, 15) is 13.9 Å². The molecule has 1 fully saturated rings. The highest BCUT2D eigenvalue weighted by Crippen LogP contribution is 2.29. The first-order valence-electron chi connectivity index (χ1n) is 11.4. The number of rotatable bonds is 11. The molecule has 1 saturated carbocycles. The molecule has 1 aliphatic rings. The second kappa shape index (κ2) is 12.0. The highest BCUT2D eigenvalue weighted by Gasteiger charge is 2.22. The van der Waals surface area contributed by atoms with Crippen molar-refractivity contribution in [1.29, 1.82) is 0 Å². The van der Waals surface area contributed by atoms with Gasteiger partial charge in [0.15, 0.2) is 0 Å². The number of hydrogen-bond donors (Lipinski definition) is 3. The van der Waals surface area contributed by atoms with Crippen molar-refractivity contribution >= 4 is 11.8 Å². The van der Waals surface area contributed by atoms with Crippen molar-refractivity contribution in [3.63, 3.8) is 0 Å². The van der Waals surface area contributed by atoms with E-state index in [1.54, 1.807) is 19.3 Å². The Bertz CT molecular complexity index is 847. The van der Waals surface area contributed by atoms with Gasteiger partial charge in [0.2, 0.25) is 5.95 Å². The Morgan fingerprint density at radius 1 is 1.25 bits per heavy atom. The van der Waals surface area contributed by atoms with Gasteiger partial charge in [-0.05, 0) is 56.8 Å². The van der Waals surface area contributed by atoms with Crippen LogP contribution in [0.2, 0.25) is 0 Å². The van der Waals surface area contributed by atoms with Crippen LogP contribution in [0.3, 0.4) is 0 Å². The van der Waals surface area contributed by atoms with Crippen LogP contribution in [0.5, 0.6) is 0 Å². The number of nitrogens with one attached hydrogen (secondary N) is 2. The number of halogens is 2. The van der Waals surface area contributed by atoms with Gasteiger partial charge in [0.1, 0.15) is 18.7 Å². The van der Waals surface area contributed by atoms with Crippen LogP contribution in [0.25, 0.3) is 11.3 Å². The zero-order valence-electron chi connectivity index (χ0n) is 18.9. The summed E-state index contributed by atoms with van der Waals surface area (Å²) in [5.41, 5.74) is 2.49. The van der Waals surface area contributed by atoms with E-state index in [2.05, 4.69) is 25.6 Å². The fourth-order valence-electron chi connectivity index (χ4n) is 3.78. The average molecular weight is 449 g/mol. The van der Waals surface area contributed by atoms with Crippen LogP contribution in [-0.4, -0.2) is 70.1 Å². The SMILES string of the molecule is CCC(F)CNc1ncc(-c2cc(CN(C)CCF)ccn2)c(NC2CCC(O)CC2)n1. The van der Waals surface area contributed by atoms with Gasteiger partial charge in [-0.15, -0.1) is 0 Å². The summed E-state index contributed by atoms with van der Waals surface area (Å²) >= 11 is 0. The van der Waals surface area contributed by atoms with Crippen LogP contribution >= 0.6 is 0 Å². The molecule has 2 aromatic heterocycles. The van der Waals surface area contributed by atoms with Gasteiger partial charge in [-0.25, -0.2) is 13.8 Å². The molecule has 1 unspecified atom stereocenters. The van der Waals surface area contributed by atoms with E-state index in [-0.39, 0.29) is 18.7 Å². The lowest BCUT2D eigenvalue weighted by Crippen LogP contribution is -2.29. The van der Waals surface area contributed by atoms with Gasteiger partial charge in [0, 0.05) is 38.1 Å². The van der Waals surface area contributed by atoms with Crippen molar-refractivity contribution in [1.82, 2.24) is 19.9 Å². The van der Waals surface area contributed by atoms with Crippen molar-refractivity contribution in [2.24, 2.45) is 0 Å². The van der Waals surface area contributed by atoms with Crippen LogP contribution in [0.4, 0.5) is 20.5 Å². The number of pyridine rings is 1. The third-order valence-electron chi connectivity index (χ3n) is 5.77. The van der Waals surface area contributed by atoms with Crippen LogP contribution in [0.1, 0.15) is 44.6 Å². The van der Waals surface area contributed by atoms with Crippen molar-refractivity contribution in [3.8, 4) is 11.3 Å². The van der Waals surface area contributed by atoms with E-state index in [1.165, 1.54) is 0 Å². The number of alkyl halides is 2. The highest BCUT2D eigenvalue weighted by atomic mass is 19.1. The fraction of sp³-hybridized carbons (Fsp3) is 0.609. The summed E-state index contributed by atoms with van der Waals surface area (Å²) in [6.07, 6.45) is 5.83. The van der Waals surface area contributed by atoms with E-state index in [1.807, 2.05) is 24.1 Å². The van der Waals surface area contributed by atoms with Gasteiger partial charge >= 0.3 is 0 Å². The molecule has 0 spiro atoms. The quantitative estimate of drug-likeness (QED) is 0.482. The van der Waals surface area contributed by atoms with E-state index in [0.717, 1.165) is 42.5 Å². The maximum Gasteiger partial charge on any atom is 0.224 e. The lowest BCUT2D eigenvalue weighted by atomic mass is 9.93. The molecule has 32 heavy (non-hydrogen) atoms. The molecule has 0 amide bonds. The van der Waals surface area contributed by atoms with Gasteiger partial charge in [-0.3, -0.25) is 9.88 Å². The number of aromatic nitrogens is 3. The lowest BCUT2D eigenvalue weighted by Gasteiger charge is -2.27. The standard InChI is InChI=1S/C23H34F2N6O/c1-3-17(25)13-27-23-28-14-20(22(30-23)29-18-4-6-19(32)7-5-18)21-12-16(8-10-26-21)15-31(2)11-9-24/h8,10,12,14,17-19,32H,3-7,9,11,13,15H2,1-2H3,(H2,27,28,29,30). The Kier molecular flexibility index (Phi) is 9.11. The van der Waals surface area contributed by atoms with Gasteiger partial charge in [0.05, 0.1) is 17.4 Å². The number of hydrogen-bond acceptors (Lipinski definition) is 7. The monoisotopic (exact) mass is 448 g/mol. The Hall–Kier alpha value is -2.39. The molecule has 0 aliphatic heterocycles. The van der Waals surface area contributed by atoms with Gasteiger partial charge < -0.3 is 15.7 Å². The topological polar surface area (TPSA) is 86.2 Å². The number of aliphatic hydroxyl groups is 1. The predicted octanol–water partition coefficient (Wildman–Crippen LogP) is 3.82. The molecule has 176 valence electrons. The summed E-state index contributed by atoms with van der Waals surface area (Å²) in [6.45, 7) is 2.54. The normalized spacial score (nSPS) is 19.7. The first kappa shape index (κ1) is 24.3. The zero-order valence-corrected chi connectivity index (χ0v) is 18.9. The minimum absolute atomic E-state index is 0.152. The minimum Gasteiger partial charge on any atom is -0.393 e. The molecule has 3 rings (SSSR count). The van der Waals surface area contributed by atoms with Gasteiger partial charge in [-0.2, -0.15) is 4.98 Å². The predicted molar refractivity (Wildman–Crippen MR) is 123 cm³/mol. The average Bonchev–Trinajstić information content (AvgIpc) is 2.79. The second-order valence-corrected chi connectivity index (χ2v) is 8.47. The molecule has 0 bridgehead atoms. The largest absolute Gasteiger partial charge is 0.393 e. The Morgan fingerprint density at radius 2 is 2.03 bits per heavy atom. The van der Waals surface area contributed by atoms with Crippen LogP contribution in [0.15, 0.2) is 24.5 Å². The summed E-state index contributed by atoms with van der Waals surface area (Å²) in [4.78, 5) is 15.4. The van der Waals surface area contributed by atoms with E-state index in [4.69, 9.17) is 0 Å². The molecule has 2 heterocycles. The molecular weight excluding hydrogens is 414 g/mol. The van der Waals surface area contributed by atoms with Crippen molar-refractivity contribution < 1.29 is 13.9 Å². The van der Waals surface area contributed by atoms with E-state index in [0.29, 0.717) is 31.3 Å². The molecule has 0 saturated heterocycles. The Labute approximate surface area is 188 Å². The first-order valence-corrected chi connectivity index (χ1v) is 11.4. The number of anilines is 2. The third-order valence-corrected chi connectivity index (χ3v) is 5.77. The van der Waals surface area contributed by atoms with Crippen LogP contribution < -0.4 is 10.6 Å². The van der Waals surface area contributed by atoms with Crippen molar-refractivity contribution in [3.05, 3.63) is 30.1 Å². The Morgan fingerprint density at radius 3 is 2.75 bits per heavy atom. The lowest BCUT2D eigenvalue weighted by molar-refractivity contribution is 0.126. The maximum absolute atomic E-state index is 13.7. The van der Waals surface area contributed by atoms with E-state index >= 15 is 0 Å². The summed E-state index contributed by atoms with van der Waals surface area (Å²) < 4.78 is 26.3. The minimum atomic E-state index is -0.964. The fourth-order valence-corrected chi connectivity index (χ4v) is 3.78. The highest BCUT2D eigenvalue weighted by molar-refractivity contribution is 5.73. The molecule has 7 nitrogen and oxygen atoms in total. The molecule has 9 heteroatoms. The summed E-state index contributed by atoms with van der Waals surface area (Å²) in [7, 11) is 1.88. The molecule has 0 aromatic carbocycles. The van der Waals surface area contributed by atoms with Gasteiger partial charge in [0.25, 0.3) is 0 Å². The summed E-state index contributed by atoms with van der Waals surface area (Å²) in [6, 6.07) is 4.06. The molecule has 1 aliphatic carbocycles. The Balaban J connectivity index is 1.84. The molecule has 1 atom stereocenters. The molecular formula is C23H34F2N6O. The summed E-state index contributed by atoms with van der Waals surface area (Å²) in [5, 5.41) is 16.3. The van der Waals surface area contributed by atoms with Crippen molar-refractivity contribution in [2.75, 3.05) is 37.4 Å². The number of aliphatic hydroxyl groups excluding tert-OH is 1. The number of nitrogens with zero attached hydrogens (tertiary/aromatic N) is 4. The van der Waals surface area contributed by atoms with E-state index < -0.39 is 12.8 Å². The maximum atomic E-state index is 13.7. The van der Waals surface area contributed by atoms with Gasteiger partial charge in [-0.1, -0.05) is 6.92 Å². The first-order chi connectivity index (χ1) is 15.5. The van der Waals surface area contributed by atoms with Crippen LogP contribution in [-0.2, 0) is 6.54 Å². The molecule has 2 aromatic rings. The second-order valence-electron chi connectivity index (χ2n) is 8.47. The molecule has 0 radical (unpaired) electrons. The van der Waals surface area contributed by atoms with Crippen molar-refractivity contribution in [2.45, 2.75) is 63.9 Å².